The molecule has 0 saturated carbocycles. The van der Waals surface area contributed by atoms with E-state index >= 15 is 0 Å². The average Bonchev–Trinajstić information content (AvgIpc) is 2.37. The number of primary amides is 1. The van der Waals surface area contributed by atoms with Gasteiger partial charge in [-0.15, -0.1) is 0 Å². The number of benzene rings is 1. The maximum Gasteiger partial charge on any atom is 0.338 e. The van der Waals surface area contributed by atoms with Gasteiger partial charge in [-0.3, -0.25) is 4.79 Å². The van der Waals surface area contributed by atoms with E-state index in [0.717, 1.165) is 0 Å². The molecule has 0 aromatic heterocycles. The van der Waals surface area contributed by atoms with Crippen molar-refractivity contribution in [1.82, 2.24) is 0 Å². The minimum atomic E-state index is -0.816. The summed E-state index contributed by atoms with van der Waals surface area (Å²) in [6, 6.07) is 3.88. The third-order valence-electron chi connectivity index (χ3n) is 2.20. The van der Waals surface area contributed by atoms with Crippen LogP contribution in [0.3, 0.4) is 0 Å². The standard InChI is InChI=1S/C12H13NO5/c1-3-18-12(16)8-5-4-7(11(15)17-2)6-9(8)10(13)14/h4-6H,3H2,1-2H3,(H2,13,14). The Morgan fingerprint density at radius 2 is 1.83 bits per heavy atom. The zero-order chi connectivity index (χ0) is 13.7. The summed E-state index contributed by atoms with van der Waals surface area (Å²) in [4.78, 5) is 34.1. The highest BCUT2D eigenvalue weighted by atomic mass is 16.5. The monoisotopic (exact) mass is 251 g/mol. The van der Waals surface area contributed by atoms with Crippen molar-refractivity contribution in [2.45, 2.75) is 6.92 Å². The van der Waals surface area contributed by atoms with E-state index in [1.807, 2.05) is 0 Å². The van der Waals surface area contributed by atoms with Crippen LogP contribution in [0.15, 0.2) is 18.2 Å². The SMILES string of the molecule is CCOC(=O)c1ccc(C(=O)OC)cc1C(N)=O. The molecule has 6 heteroatoms. The molecule has 96 valence electrons. The second-order valence-electron chi connectivity index (χ2n) is 3.34. The van der Waals surface area contributed by atoms with E-state index in [-0.39, 0.29) is 23.3 Å². The van der Waals surface area contributed by atoms with E-state index in [1.165, 1.54) is 25.3 Å². The van der Waals surface area contributed by atoms with E-state index in [1.54, 1.807) is 6.92 Å². The predicted molar refractivity (Wildman–Crippen MR) is 62.3 cm³/mol. The number of ether oxygens (including phenoxy) is 2. The van der Waals surface area contributed by atoms with Crippen LogP contribution in [0.2, 0.25) is 0 Å². The van der Waals surface area contributed by atoms with Gasteiger partial charge in [0.05, 0.1) is 30.4 Å². The second-order valence-corrected chi connectivity index (χ2v) is 3.34. The van der Waals surface area contributed by atoms with E-state index in [0.29, 0.717) is 0 Å². The molecule has 1 amide bonds. The van der Waals surface area contributed by atoms with Crippen molar-refractivity contribution in [3.05, 3.63) is 34.9 Å². The molecule has 0 aliphatic carbocycles. The van der Waals surface area contributed by atoms with Gasteiger partial charge >= 0.3 is 11.9 Å². The van der Waals surface area contributed by atoms with Gasteiger partial charge < -0.3 is 15.2 Å². The second kappa shape index (κ2) is 5.81. The summed E-state index contributed by atoms with van der Waals surface area (Å²) in [6.45, 7) is 1.82. The van der Waals surface area contributed by atoms with Crippen LogP contribution in [0.1, 0.15) is 38.0 Å². The Kier molecular flexibility index (Phi) is 4.42. The third kappa shape index (κ3) is 2.85. The van der Waals surface area contributed by atoms with Crippen LogP contribution >= 0.6 is 0 Å². The van der Waals surface area contributed by atoms with E-state index in [4.69, 9.17) is 10.5 Å². The molecule has 0 atom stereocenters. The van der Waals surface area contributed by atoms with Gasteiger partial charge in [-0.1, -0.05) is 0 Å². The van der Waals surface area contributed by atoms with Gasteiger partial charge in [0, 0.05) is 0 Å². The fraction of sp³-hybridized carbons (Fsp3) is 0.250. The lowest BCUT2D eigenvalue weighted by atomic mass is 10.0. The molecular weight excluding hydrogens is 238 g/mol. The van der Waals surface area contributed by atoms with Gasteiger partial charge in [0.2, 0.25) is 5.91 Å². The molecule has 1 aromatic rings. The highest BCUT2D eigenvalue weighted by molar-refractivity contribution is 6.06. The fourth-order valence-electron chi connectivity index (χ4n) is 1.38. The summed E-state index contributed by atoms with van der Waals surface area (Å²) in [5.41, 5.74) is 5.25. The van der Waals surface area contributed by atoms with Crippen LogP contribution in [0, 0.1) is 0 Å². The number of rotatable bonds is 4. The van der Waals surface area contributed by atoms with Gasteiger partial charge in [0.1, 0.15) is 0 Å². The number of carbonyl (C=O) groups excluding carboxylic acids is 3. The molecule has 0 bridgehead atoms. The number of hydrogen-bond acceptors (Lipinski definition) is 5. The smallest absolute Gasteiger partial charge is 0.338 e. The molecule has 0 fully saturated rings. The summed E-state index contributed by atoms with van der Waals surface area (Å²) < 4.78 is 9.29. The number of amides is 1. The number of methoxy groups -OCH3 is 1. The Morgan fingerprint density at radius 1 is 1.17 bits per heavy atom. The summed E-state index contributed by atoms with van der Waals surface area (Å²) in [5.74, 6) is -2.10. The number of carbonyl (C=O) groups is 3. The predicted octanol–water partition coefficient (Wildman–Crippen LogP) is 0.749. The summed E-state index contributed by atoms with van der Waals surface area (Å²) in [5, 5.41) is 0. The van der Waals surface area contributed by atoms with Crippen molar-refractivity contribution in [3.63, 3.8) is 0 Å². The van der Waals surface area contributed by atoms with Crippen molar-refractivity contribution in [2.75, 3.05) is 13.7 Å². The lowest BCUT2D eigenvalue weighted by molar-refractivity contribution is 0.0520. The zero-order valence-electron chi connectivity index (χ0n) is 10.1. The maximum atomic E-state index is 11.6. The highest BCUT2D eigenvalue weighted by Gasteiger charge is 2.18. The Morgan fingerprint density at radius 3 is 2.33 bits per heavy atom. The van der Waals surface area contributed by atoms with Crippen LogP contribution in [0.5, 0.6) is 0 Å². The summed E-state index contributed by atoms with van der Waals surface area (Å²) in [6.07, 6.45) is 0. The molecule has 0 aliphatic rings. The number of hydrogen-bond donors (Lipinski definition) is 1. The average molecular weight is 251 g/mol. The molecule has 0 spiro atoms. The molecule has 0 radical (unpaired) electrons. The van der Waals surface area contributed by atoms with E-state index in [2.05, 4.69) is 4.74 Å². The molecular formula is C12H13NO5. The largest absolute Gasteiger partial charge is 0.465 e. The lowest BCUT2D eigenvalue weighted by Gasteiger charge is -2.07. The number of esters is 2. The number of nitrogens with two attached hydrogens (primary N) is 1. The maximum absolute atomic E-state index is 11.6. The quantitative estimate of drug-likeness (QED) is 0.796. The van der Waals surface area contributed by atoms with Gasteiger partial charge in [-0.25, -0.2) is 9.59 Å². The summed E-state index contributed by atoms with van der Waals surface area (Å²) >= 11 is 0. The molecule has 2 N–H and O–H groups in total. The first kappa shape index (κ1) is 13.7. The lowest BCUT2D eigenvalue weighted by Crippen LogP contribution is -2.19. The summed E-state index contributed by atoms with van der Waals surface area (Å²) in [7, 11) is 1.21. The van der Waals surface area contributed by atoms with Crippen molar-refractivity contribution >= 4 is 17.8 Å². The van der Waals surface area contributed by atoms with Crippen molar-refractivity contribution in [2.24, 2.45) is 5.73 Å². The Labute approximate surface area is 104 Å². The Hall–Kier alpha value is -2.37. The van der Waals surface area contributed by atoms with Crippen LogP contribution in [-0.2, 0) is 9.47 Å². The minimum Gasteiger partial charge on any atom is -0.465 e. The zero-order valence-corrected chi connectivity index (χ0v) is 10.1. The molecule has 1 aromatic carbocycles. The van der Waals surface area contributed by atoms with Crippen LogP contribution in [-0.4, -0.2) is 31.6 Å². The van der Waals surface area contributed by atoms with E-state index in [9.17, 15) is 14.4 Å². The van der Waals surface area contributed by atoms with Gasteiger partial charge in [0.15, 0.2) is 0 Å². The molecule has 0 heterocycles. The third-order valence-corrected chi connectivity index (χ3v) is 2.20. The normalized spacial score (nSPS) is 9.67. The van der Waals surface area contributed by atoms with Gasteiger partial charge in [-0.05, 0) is 25.1 Å². The highest BCUT2D eigenvalue weighted by Crippen LogP contribution is 2.14. The molecule has 0 aliphatic heterocycles. The first-order valence-electron chi connectivity index (χ1n) is 5.20. The topological polar surface area (TPSA) is 95.7 Å². The first-order chi connectivity index (χ1) is 8.51. The fourth-order valence-corrected chi connectivity index (χ4v) is 1.38. The molecule has 6 nitrogen and oxygen atoms in total. The van der Waals surface area contributed by atoms with Crippen LogP contribution in [0.4, 0.5) is 0 Å². The Balaban J connectivity index is 3.25. The molecule has 0 saturated heterocycles. The van der Waals surface area contributed by atoms with Gasteiger partial charge in [0.25, 0.3) is 0 Å². The molecule has 0 unspecified atom stereocenters. The van der Waals surface area contributed by atoms with Crippen molar-refractivity contribution < 1.29 is 23.9 Å². The van der Waals surface area contributed by atoms with E-state index < -0.39 is 17.8 Å². The van der Waals surface area contributed by atoms with Crippen LogP contribution < -0.4 is 5.73 Å². The van der Waals surface area contributed by atoms with Gasteiger partial charge in [-0.2, -0.15) is 0 Å². The molecule has 1 rings (SSSR count). The molecule has 18 heavy (non-hydrogen) atoms. The minimum absolute atomic E-state index is 0.0250. The van der Waals surface area contributed by atoms with Crippen LogP contribution in [0.25, 0.3) is 0 Å². The van der Waals surface area contributed by atoms with Crippen molar-refractivity contribution in [1.29, 1.82) is 0 Å². The Bertz CT molecular complexity index is 495. The van der Waals surface area contributed by atoms with Crippen molar-refractivity contribution in [3.8, 4) is 0 Å². The first-order valence-corrected chi connectivity index (χ1v) is 5.20.